The lowest BCUT2D eigenvalue weighted by Gasteiger charge is -2.37. The number of para-hydroxylation sites is 2. The van der Waals surface area contributed by atoms with Crippen molar-refractivity contribution in [3.8, 4) is 0 Å². The van der Waals surface area contributed by atoms with Crippen LogP contribution in [0.5, 0.6) is 0 Å². The summed E-state index contributed by atoms with van der Waals surface area (Å²) in [5.41, 5.74) is 2.20. The largest absolute Gasteiger partial charge is 0.352 e. The first-order chi connectivity index (χ1) is 16.5. The Bertz CT molecular complexity index is 1410. The lowest BCUT2D eigenvalue weighted by atomic mass is 9.64. The summed E-state index contributed by atoms with van der Waals surface area (Å²) in [5, 5.41) is 3.30. The highest BCUT2D eigenvalue weighted by atomic mass is 35.5. The normalized spacial score (nSPS) is 26.1. The number of rotatable bonds is 3. The van der Waals surface area contributed by atoms with E-state index < -0.39 is 23.4 Å². The fourth-order valence-electron chi connectivity index (χ4n) is 6.10. The average molecular weight is 469 g/mol. The van der Waals surface area contributed by atoms with Gasteiger partial charge in [-0.2, -0.15) is 0 Å². The van der Waals surface area contributed by atoms with Crippen molar-refractivity contribution in [3.63, 3.8) is 0 Å². The van der Waals surface area contributed by atoms with Gasteiger partial charge in [0.25, 0.3) is 0 Å². The highest BCUT2D eigenvalue weighted by Gasteiger charge is 2.69. The molecule has 1 saturated heterocycles. The molecule has 3 aliphatic heterocycles. The van der Waals surface area contributed by atoms with Crippen molar-refractivity contribution in [2.45, 2.75) is 24.4 Å². The maximum absolute atomic E-state index is 14.3. The van der Waals surface area contributed by atoms with Gasteiger partial charge in [0.05, 0.1) is 23.0 Å². The smallest absolute Gasteiger partial charge is 0.238 e. The van der Waals surface area contributed by atoms with Crippen molar-refractivity contribution in [3.05, 3.63) is 101 Å². The van der Waals surface area contributed by atoms with Gasteiger partial charge < -0.3 is 10.2 Å². The fraction of sp³-hybridized carbons (Fsp3) is 0.179. The summed E-state index contributed by atoms with van der Waals surface area (Å²) in [5.74, 6) is -1.72. The van der Waals surface area contributed by atoms with Crippen LogP contribution in [0.3, 0.4) is 0 Å². The summed E-state index contributed by atoms with van der Waals surface area (Å²) in [6, 6.07) is 20.7. The van der Waals surface area contributed by atoms with Crippen LogP contribution < -0.4 is 10.2 Å². The second-order valence-electron chi connectivity index (χ2n) is 9.02. The maximum atomic E-state index is 14.3. The molecule has 0 aromatic heterocycles. The standard InChI is InChI=1S/C28H21ClN2O3/c1-16(32)25-24(26(33)18-9-3-5-11-20(18)29)28(19-10-4-6-12-21(19)30-27(28)34)23-15-14-17-8-2-7-13-22(17)31(23)25/h2-15,23-25H,1H3,(H,30,34)/t23-,24-,25-,28-/m1/s1. The Morgan fingerprint density at radius 1 is 0.971 bits per heavy atom. The van der Waals surface area contributed by atoms with Crippen molar-refractivity contribution in [1.29, 1.82) is 0 Å². The van der Waals surface area contributed by atoms with Crippen molar-refractivity contribution < 1.29 is 14.4 Å². The molecule has 1 spiro atoms. The molecule has 6 rings (SSSR count). The number of anilines is 2. The van der Waals surface area contributed by atoms with Gasteiger partial charge in [-0.05, 0) is 42.3 Å². The Hall–Kier alpha value is -3.70. The topological polar surface area (TPSA) is 66.5 Å². The molecule has 1 fully saturated rings. The van der Waals surface area contributed by atoms with Gasteiger partial charge in [-0.1, -0.05) is 72.3 Å². The summed E-state index contributed by atoms with van der Waals surface area (Å²) in [6.07, 6.45) is 3.94. The molecule has 0 aliphatic carbocycles. The molecule has 4 atom stereocenters. The van der Waals surface area contributed by atoms with E-state index in [1.807, 2.05) is 65.6 Å². The van der Waals surface area contributed by atoms with Gasteiger partial charge in [-0.3, -0.25) is 14.4 Å². The van der Waals surface area contributed by atoms with E-state index in [0.717, 1.165) is 16.8 Å². The number of nitrogens with one attached hydrogen (secondary N) is 1. The van der Waals surface area contributed by atoms with Gasteiger partial charge in [0.1, 0.15) is 5.41 Å². The van der Waals surface area contributed by atoms with Crippen LogP contribution in [0.4, 0.5) is 11.4 Å². The van der Waals surface area contributed by atoms with E-state index in [1.54, 1.807) is 24.3 Å². The van der Waals surface area contributed by atoms with Crippen molar-refractivity contribution in [2.75, 3.05) is 10.2 Å². The van der Waals surface area contributed by atoms with Crippen LogP contribution in [0.15, 0.2) is 78.9 Å². The quantitative estimate of drug-likeness (QED) is 0.555. The van der Waals surface area contributed by atoms with E-state index in [-0.39, 0.29) is 17.5 Å². The zero-order chi connectivity index (χ0) is 23.6. The van der Waals surface area contributed by atoms with Crippen molar-refractivity contribution in [2.24, 2.45) is 5.92 Å². The summed E-state index contributed by atoms with van der Waals surface area (Å²) >= 11 is 6.46. The van der Waals surface area contributed by atoms with E-state index >= 15 is 0 Å². The van der Waals surface area contributed by atoms with Gasteiger partial charge in [-0.25, -0.2) is 0 Å². The van der Waals surface area contributed by atoms with Crippen LogP contribution in [-0.4, -0.2) is 29.6 Å². The molecule has 0 saturated carbocycles. The number of halogens is 1. The Kier molecular flexibility index (Phi) is 4.55. The first kappa shape index (κ1) is 20.9. The summed E-state index contributed by atoms with van der Waals surface area (Å²) in [6.45, 7) is 1.49. The molecule has 6 heteroatoms. The summed E-state index contributed by atoms with van der Waals surface area (Å²) < 4.78 is 0. The number of benzene rings is 3. The molecular weight excluding hydrogens is 448 g/mol. The average Bonchev–Trinajstić information content (AvgIpc) is 3.32. The van der Waals surface area contributed by atoms with Gasteiger partial charge in [0.2, 0.25) is 5.91 Å². The molecule has 3 heterocycles. The third kappa shape index (κ3) is 2.59. The molecule has 0 bridgehead atoms. The molecule has 34 heavy (non-hydrogen) atoms. The lowest BCUT2D eigenvalue weighted by molar-refractivity contribution is -0.122. The number of carbonyl (C=O) groups excluding carboxylic acids is 3. The molecule has 0 radical (unpaired) electrons. The number of amides is 1. The van der Waals surface area contributed by atoms with E-state index in [4.69, 9.17) is 11.6 Å². The number of hydrogen-bond acceptors (Lipinski definition) is 4. The molecule has 1 N–H and O–H groups in total. The van der Waals surface area contributed by atoms with Crippen LogP contribution in [0.1, 0.15) is 28.4 Å². The van der Waals surface area contributed by atoms with Crippen molar-refractivity contribution >= 4 is 46.5 Å². The van der Waals surface area contributed by atoms with Gasteiger partial charge >= 0.3 is 0 Å². The van der Waals surface area contributed by atoms with Crippen molar-refractivity contribution in [1.82, 2.24) is 0 Å². The molecule has 168 valence electrons. The highest BCUT2D eigenvalue weighted by Crippen LogP contribution is 2.57. The summed E-state index contributed by atoms with van der Waals surface area (Å²) in [7, 11) is 0. The molecule has 5 nitrogen and oxygen atoms in total. The second-order valence-corrected chi connectivity index (χ2v) is 9.42. The fourth-order valence-corrected chi connectivity index (χ4v) is 6.33. The maximum Gasteiger partial charge on any atom is 0.238 e. The molecular formula is C28H21ClN2O3. The van der Waals surface area contributed by atoms with Crippen LogP contribution in [0.2, 0.25) is 5.02 Å². The van der Waals surface area contributed by atoms with Crippen LogP contribution in [0, 0.1) is 5.92 Å². The Morgan fingerprint density at radius 3 is 2.47 bits per heavy atom. The number of carbonyl (C=O) groups is 3. The van der Waals surface area contributed by atoms with Crippen LogP contribution in [-0.2, 0) is 15.0 Å². The van der Waals surface area contributed by atoms with Crippen LogP contribution in [0.25, 0.3) is 6.08 Å². The van der Waals surface area contributed by atoms with Crippen LogP contribution >= 0.6 is 11.6 Å². The Balaban J connectivity index is 1.68. The molecule has 3 aromatic rings. The van der Waals surface area contributed by atoms with E-state index in [2.05, 4.69) is 5.32 Å². The monoisotopic (exact) mass is 468 g/mol. The minimum Gasteiger partial charge on any atom is -0.352 e. The predicted molar refractivity (Wildman–Crippen MR) is 132 cm³/mol. The Morgan fingerprint density at radius 2 is 1.68 bits per heavy atom. The number of Topliss-reactive ketones (excluding diaryl/α,β-unsaturated/α-hetero) is 2. The molecule has 1 amide bonds. The van der Waals surface area contributed by atoms with E-state index in [0.29, 0.717) is 16.3 Å². The predicted octanol–water partition coefficient (Wildman–Crippen LogP) is 4.90. The lowest BCUT2D eigenvalue weighted by Crippen LogP contribution is -2.51. The number of nitrogens with zero attached hydrogens (tertiary/aromatic N) is 1. The summed E-state index contributed by atoms with van der Waals surface area (Å²) in [4.78, 5) is 43.5. The first-order valence-corrected chi connectivity index (χ1v) is 11.6. The first-order valence-electron chi connectivity index (χ1n) is 11.2. The number of ketones is 2. The third-order valence-electron chi connectivity index (χ3n) is 7.38. The number of hydrogen-bond donors (Lipinski definition) is 1. The molecule has 0 unspecified atom stereocenters. The SMILES string of the molecule is CC(=O)[C@@H]1[C@H](C(=O)c2ccccc2Cl)[C@]2(C(=O)Nc3ccccc32)[C@H]2C=Cc3ccccc3N12. The van der Waals surface area contributed by atoms with E-state index in [9.17, 15) is 14.4 Å². The minimum atomic E-state index is -1.28. The van der Waals surface area contributed by atoms with Gasteiger partial charge in [0, 0.05) is 16.9 Å². The Labute approximate surface area is 202 Å². The van der Waals surface area contributed by atoms with E-state index in [1.165, 1.54) is 6.92 Å². The zero-order valence-corrected chi connectivity index (χ0v) is 19.1. The second kappa shape index (κ2) is 7.40. The van der Waals surface area contributed by atoms with Gasteiger partial charge in [0.15, 0.2) is 11.6 Å². The minimum absolute atomic E-state index is 0.172. The molecule has 3 aliphatic rings. The van der Waals surface area contributed by atoms with Gasteiger partial charge in [-0.15, -0.1) is 0 Å². The molecule has 3 aromatic carbocycles. The zero-order valence-electron chi connectivity index (χ0n) is 18.4. The highest BCUT2D eigenvalue weighted by molar-refractivity contribution is 6.34. The third-order valence-corrected chi connectivity index (χ3v) is 7.71. The number of fused-ring (bicyclic) bond motifs is 6.